The van der Waals surface area contributed by atoms with Gasteiger partial charge in [0.2, 0.25) is 0 Å². The van der Waals surface area contributed by atoms with Gasteiger partial charge in [-0.25, -0.2) is 0 Å². The summed E-state index contributed by atoms with van der Waals surface area (Å²) in [6.07, 6.45) is 8.07. The van der Waals surface area contributed by atoms with Gasteiger partial charge in [0.1, 0.15) is 11.6 Å². The molecule has 4 heterocycles. The zero-order valence-electron chi connectivity index (χ0n) is 13.1. The SMILES string of the molecule is O=C(c1cn[nH]n1)N1CCC(c2nnc3n2CCCCC3)CC1. The number of amides is 1. The maximum Gasteiger partial charge on any atom is 0.276 e. The Hall–Kier alpha value is -2.25. The van der Waals surface area contributed by atoms with Crippen LogP contribution in [0, 0.1) is 0 Å². The summed E-state index contributed by atoms with van der Waals surface area (Å²) in [5.41, 5.74) is 0.389. The number of piperidine rings is 1. The lowest BCUT2D eigenvalue weighted by Crippen LogP contribution is -2.38. The third kappa shape index (κ3) is 2.73. The summed E-state index contributed by atoms with van der Waals surface area (Å²) in [7, 11) is 0. The Morgan fingerprint density at radius 1 is 1.13 bits per heavy atom. The number of H-pyrrole nitrogens is 1. The zero-order valence-corrected chi connectivity index (χ0v) is 13.1. The van der Waals surface area contributed by atoms with Gasteiger partial charge in [0.05, 0.1) is 6.20 Å². The smallest absolute Gasteiger partial charge is 0.276 e. The summed E-state index contributed by atoms with van der Waals surface area (Å²) in [6, 6.07) is 0. The van der Waals surface area contributed by atoms with Gasteiger partial charge in [0.15, 0.2) is 5.69 Å². The molecule has 2 aliphatic rings. The van der Waals surface area contributed by atoms with Crippen molar-refractivity contribution in [2.75, 3.05) is 13.1 Å². The molecule has 0 spiro atoms. The quantitative estimate of drug-likeness (QED) is 0.897. The molecular formula is C15H21N7O. The van der Waals surface area contributed by atoms with E-state index in [0.29, 0.717) is 11.6 Å². The summed E-state index contributed by atoms with van der Waals surface area (Å²) in [4.78, 5) is 14.2. The molecule has 8 nitrogen and oxygen atoms in total. The fourth-order valence-electron chi connectivity index (χ4n) is 3.62. The van der Waals surface area contributed by atoms with Gasteiger partial charge in [-0.3, -0.25) is 4.79 Å². The van der Waals surface area contributed by atoms with Crippen LogP contribution in [-0.4, -0.2) is 54.1 Å². The first kappa shape index (κ1) is 14.3. The number of hydrogen-bond acceptors (Lipinski definition) is 5. The van der Waals surface area contributed by atoms with Gasteiger partial charge in [-0.1, -0.05) is 6.42 Å². The molecular weight excluding hydrogens is 294 g/mol. The Kier molecular flexibility index (Phi) is 3.80. The van der Waals surface area contributed by atoms with Crippen molar-refractivity contribution in [2.24, 2.45) is 0 Å². The van der Waals surface area contributed by atoms with Crippen LogP contribution in [-0.2, 0) is 13.0 Å². The third-order valence-electron chi connectivity index (χ3n) is 4.92. The number of carbonyl (C=O) groups excluding carboxylic acids is 1. The van der Waals surface area contributed by atoms with E-state index < -0.39 is 0 Å². The molecule has 2 aromatic rings. The molecule has 0 unspecified atom stereocenters. The molecule has 8 heteroatoms. The van der Waals surface area contributed by atoms with Crippen molar-refractivity contribution >= 4 is 5.91 Å². The summed E-state index contributed by atoms with van der Waals surface area (Å²) in [5, 5.41) is 18.9. The molecule has 4 rings (SSSR count). The highest BCUT2D eigenvalue weighted by atomic mass is 16.2. The van der Waals surface area contributed by atoms with Gasteiger partial charge in [-0.2, -0.15) is 15.4 Å². The Bertz CT molecular complexity index is 670. The molecule has 0 saturated carbocycles. The third-order valence-corrected chi connectivity index (χ3v) is 4.92. The van der Waals surface area contributed by atoms with Crippen molar-refractivity contribution in [1.29, 1.82) is 0 Å². The topological polar surface area (TPSA) is 92.6 Å². The van der Waals surface area contributed by atoms with E-state index in [0.717, 1.165) is 50.5 Å². The molecule has 1 fully saturated rings. The lowest BCUT2D eigenvalue weighted by molar-refractivity contribution is 0.0704. The number of aryl methyl sites for hydroxylation is 1. The highest BCUT2D eigenvalue weighted by Gasteiger charge is 2.29. The van der Waals surface area contributed by atoms with Crippen LogP contribution in [0.3, 0.4) is 0 Å². The molecule has 23 heavy (non-hydrogen) atoms. The van der Waals surface area contributed by atoms with Gasteiger partial charge in [0.25, 0.3) is 5.91 Å². The Morgan fingerprint density at radius 3 is 2.78 bits per heavy atom. The molecule has 122 valence electrons. The van der Waals surface area contributed by atoms with E-state index >= 15 is 0 Å². The first-order valence-corrected chi connectivity index (χ1v) is 8.40. The fourth-order valence-corrected chi connectivity index (χ4v) is 3.62. The lowest BCUT2D eigenvalue weighted by atomic mass is 9.95. The molecule has 2 aliphatic heterocycles. The highest BCUT2D eigenvalue weighted by molar-refractivity contribution is 5.91. The number of aromatic nitrogens is 6. The summed E-state index contributed by atoms with van der Waals surface area (Å²) < 4.78 is 2.33. The van der Waals surface area contributed by atoms with Crippen LogP contribution in [0.5, 0.6) is 0 Å². The summed E-state index contributed by atoms with van der Waals surface area (Å²) in [6.45, 7) is 2.51. The molecule has 0 radical (unpaired) electrons. The Labute approximate surface area is 134 Å². The number of carbonyl (C=O) groups is 1. The summed E-state index contributed by atoms with van der Waals surface area (Å²) in [5.74, 6) is 2.61. The van der Waals surface area contributed by atoms with Gasteiger partial charge >= 0.3 is 0 Å². The van der Waals surface area contributed by atoms with E-state index in [2.05, 4.69) is 30.2 Å². The lowest BCUT2D eigenvalue weighted by Gasteiger charge is -2.31. The number of rotatable bonds is 2. The Morgan fingerprint density at radius 2 is 2.00 bits per heavy atom. The second kappa shape index (κ2) is 6.10. The second-order valence-electron chi connectivity index (χ2n) is 6.36. The van der Waals surface area contributed by atoms with Gasteiger partial charge in [-0.05, 0) is 25.7 Å². The fraction of sp³-hybridized carbons (Fsp3) is 0.667. The van der Waals surface area contributed by atoms with Crippen molar-refractivity contribution < 1.29 is 4.79 Å². The molecule has 0 aliphatic carbocycles. The van der Waals surface area contributed by atoms with Crippen LogP contribution in [0.4, 0.5) is 0 Å². The van der Waals surface area contributed by atoms with Crippen LogP contribution < -0.4 is 0 Å². The highest BCUT2D eigenvalue weighted by Crippen LogP contribution is 2.29. The molecule has 1 amide bonds. The standard InChI is InChI=1S/C15H21N7O/c23-15(12-10-16-20-17-12)21-8-5-11(6-9-21)14-19-18-13-4-2-1-3-7-22(13)14/h10-11H,1-9H2,(H,16,17,20). The van der Waals surface area contributed by atoms with Gasteiger partial charge in [0, 0.05) is 32.0 Å². The largest absolute Gasteiger partial charge is 0.337 e. The monoisotopic (exact) mass is 315 g/mol. The van der Waals surface area contributed by atoms with Crippen LogP contribution in [0.1, 0.15) is 60.2 Å². The minimum absolute atomic E-state index is 0.0442. The van der Waals surface area contributed by atoms with Crippen molar-refractivity contribution in [3.05, 3.63) is 23.5 Å². The van der Waals surface area contributed by atoms with Crippen molar-refractivity contribution in [3.63, 3.8) is 0 Å². The average molecular weight is 315 g/mol. The number of hydrogen-bond donors (Lipinski definition) is 1. The molecule has 0 atom stereocenters. The molecule has 0 aromatic carbocycles. The van der Waals surface area contributed by atoms with Crippen molar-refractivity contribution in [3.8, 4) is 0 Å². The van der Waals surface area contributed by atoms with E-state index in [1.54, 1.807) is 0 Å². The Balaban J connectivity index is 1.44. The number of fused-ring (bicyclic) bond motifs is 1. The van der Waals surface area contributed by atoms with Gasteiger partial charge < -0.3 is 9.47 Å². The van der Waals surface area contributed by atoms with E-state index in [1.807, 2.05) is 4.90 Å². The summed E-state index contributed by atoms with van der Waals surface area (Å²) >= 11 is 0. The minimum atomic E-state index is -0.0442. The first-order valence-electron chi connectivity index (χ1n) is 8.40. The van der Waals surface area contributed by atoms with Crippen LogP contribution in [0.15, 0.2) is 6.20 Å². The maximum atomic E-state index is 12.3. The first-order chi connectivity index (χ1) is 11.3. The van der Waals surface area contributed by atoms with Crippen LogP contribution in [0.25, 0.3) is 0 Å². The van der Waals surface area contributed by atoms with Crippen LogP contribution >= 0.6 is 0 Å². The van der Waals surface area contributed by atoms with E-state index in [-0.39, 0.29) is 5.91 Å². The average Bonchev–Trinajstić information content (AvgIpc) is 3.20. The minimum Gasteiger partial charge on any atom is -0.337 e. The van der Waals surface area contributed by atoms with Crippen molar-refractivity contribution in [1.82, 2.24) is 35.1 Å². The molecule has 0 bridgehead atoms. The number of nitrogens with one attached hydrogen (secondary N) is 1. The predicted octanol–water partition coefficient (Wildman–Crippen LogP) is 1.14. The van der Waals surface area contributed by atoms with Crippen LogP contribution in [0.2, 0.25) is 0 Å². The second-order valence-corrected chi connectivity index (χ2v) is 6.36. The van der Waals surface area contributed by atoms with E-state index in [9.17, 15) is 4.79 Å². The number of likely N-dealkylation sites (tertiary alicyclic amines) is 1. The number of nitrogens with zero attached hydrogens (tertiary/aromatic N) is 6. The normalized spacial score (nSPS) is 19.4. The predicted molar refractivity (Wildman–Crippen MR) is 81.8 cm³/mol. The van der Waals surface area contributed by atoms with Gasteiger partial charge in [-0.15, -0.1) is 10.2 Å². The molecule has 2 aromatic heterocycles. The molecule has 1 saturated heterocycles. The number of aromatic amines is 1. The van der Waals surface area contributed by atoms with Crippen molar-refractivity contribution in [2.45, 2.75) is 51.0 Å². The van der Waals surface area contributed by atoms with E-state index in [1.165, 1.54) is 25.5 Å². The molecule has 1 N–H and O–H groups in total. The van der Waals surface area contributed by atoms with E-state index in [4.69, 9.17) is 0 Å². The maximum absolute atomic E-state index is 12.3. The zero-order chi connectivity index (χ0) is 15.6.